The second kappa shape index (κ2) is 6.93. The van der Waals surface area contributed by atoms with E-state index in [1.165, 1.54) is 23.1 Å². The van der Waals surface area contributed by atoms with Crippen molar-refractivity contribution in [3.05, 3.63) is 35.7 Å². The van der Waals surface area contributed by atoms with Gasteiger partial charge in [-0.25, -0.2) is 9.78 Å². The van der Waals surface area contributed by atoms with Crippen molar-refractivity contribution in [3.8, 4) is 11.3 Å². The van der Waals surface area contributed by atoms with Gasteiger partial charge in [0.1, 0.15) is 0 Å². The van der Waals surface area contributed by atoms with Crippen LogP contribution in [0.5, 0.6) is 0 Å². The summed E-state index contributed by atoms with van der Waals surface area (Å²) in [6.07, 6.45) is 2.00. The maximum atomic E-state index is 11.7. The molecular formula is C15H15N3O2S2. The molecule has 0 unspecified atom stereocenters. The highest BCUT2D eigenvalue weighted by Crippen LogP contribution is 2.27. The van der Waals surface area contributed by atoms with E-state index in [9.17, 15) is 9.59 Å². The first kappa shape index (κ1) is 15.1. The molecule has 0 spiro atoms. The third kappa shape index (κ3) is 4.32. The predicted molar refractivity (Wildman–Crippen MR) is 88.0 cm³/mol. The number of nitrogens with zero attached hydrogens (tertiary/aromatic N) is 1. The van der Waals surface area contributed by atoms with Gasteiger partial charge in [-0.2, -0.15) is 0 Å². The molecule has 5 nitrogen and oxygen atoms in total. The SMILES string of the molecule is O=C(CSc1nc(-c2ccccc2)cs1)NC(=O)NC1CC1. The third-order valence-electron chi connectivity index (χ3n) is 3.04. The number of aromatic nitrogens is 1. The standard InChI is InChI=1S/C15H15N3O2S2/c19-13(18-14(20)16-11-6-7-11)9-22-15-17-12(8-21-15)10-4-2-1-3-5-10/h1-5,8,11H,6-7,9H2,(H2,16,18,19,20). The number of amides is 3. The first-order valence-electron chi connectivity index (χ1n) is 6.95. The molecule has 1 aliphatic rings. The highest BCUT2D eigenvalue weighted by molar-refractivity contribution is 8.01. The second-order valence-corrected chi connectivity index (χ2v) is 7.03. The van der Waals surface area contributed by atoms with E-state index in [1.54, 1.807) is 0 Å². The van der Waals surface area contributed by atoms with Crippen molar-refractivity contribution < 1.29 is 9.59 Å². The van der Waals surface area contributed by atoms with Gasteiger partial charge in [0.05, 0.1) is 11.4 Å². The van der Waals surface area contributed by atoms with Crippen LogP contribution >= 0.6 is 23.1 Å². The van der Waals surface area contributed by atoms with Gasteiger partial charge < -0.3 is 5.32 Å². The Hall–Kier alpha value is -1.86. The second-order valence-electron chi connectivity index (χ2n) is 4.95. The van der Waals surface area contributed by atoms with Crippen molar-refractivity contribution in [2.75, 3.05) is 5.75 Å². The molecule has 3 rings (SSSR count). The molecule has 1 heterocycles. The number of rotatable bonds is 5. The summed E-state index contributed by atoms with van der Waals surface area (Å²) in [5, 5.41) is 7.01. The van der Waals surface area contributed by atoms with Crippen molar-refractivity contribution in [1.82, 2.24) is 15.6 Å². The van der Waals surface area contributed by atoms with Gasteiger partial charge in [-0.15, -0.1) is 11.3 Å². The molecule has 1 fully saturated rings. The minimum Gasteiger partial charge on any atom is -0.335 e. The van der Waals surface area contributed by atoms with Crippen LogP contribution in [0.2, 0.25) is 0 Å². The molecule has 1 aliphatic carbocycles. The van der Waals surface area contributed by atoms with E-state index in [0.29, 0.717) is 0 Å². The third-order valence-corrected chi connectivity index (χ3v) is 5.07. The van der Waals surface area contributed by atoms with Crippen LogP contribution in [-0.4, -0.2) is 28.7 Å². The Morgan fingerprint density at radius 2 is 2.05 bits per heavy atom. The lowest BCUT2D eigenvalue weighted by Crippen LogP contribution is -2.41. The van der Waals surface area contributed by atoms with Crippen LogP contribution in [0.15, 0.2) is 40.1 Å². The minimum atomic E-state index is -0.405. The molecule has 0 radical (unpaired) electrons. The number of imide groups is 1. The number of benzene rings is 1. The lowest BCUT2D eigenvalue weighted by Gasteiger charge is -2.04. The fourth-order valence-electron chi connectivity index (χ4n) is 1.80. The number of thioether (sulfide) groups is 1. The molecule has 114 valence electrons. The van der Waals surface area contributed by atoms with Crippen LogP contribution in [-0.2, 0) is 4.79 Å². The smallest absolute Gasteiger partial charge is 0.321 e. The van der Waals surface area contributed by atoms with Gasteiger partial charge in [-0.05, 0) is 12.8 Å². The van der Waals surface area contributed by atoms with E-state index in [0.717, 1.165) is 28.4 Å². The lowest BCUT2D eigenvalue weighted by atomic mass is 10.2. The monoisotopic (exact) mass is 333 g/mol. The Morgan fingerprint density at radius 3 is 2.77 bits per heavy atom. The summed E-state index contributed by atoms with van der Waals surface area (Å²) >= 11 is 2.83. The largest absolute Gasteiger partial charge is 0.335 e. The molecule has 1 aromatic heterocycles. The number of nitrogens with one attached hydrogen (secondary N) is 2. The molecule has 3 amide bonds. The molecule has 2 N–H and O–H groups in total. The quantitative estimate of drug-likeness (QED) is 0.826. The van der Waals surface area contributed by atoms with Crippen molar-refractivity contribution in [1.29, 1.82) is 0 Å². The van der Waals surface area contributed by atoms with E-state index in [-0.39, 0.29) is 17.7 Å². The highest BCUT2D eigenvalue weighted by Gasteiger charge is 2.23. The molecule has 0 atom stereocenters. The summed E-state index contributed by atoms with van der Waals surface area (Å²) in [6, 6.07) is 9.73. The maximum absolute atomic E-state index is 11.7. The predicted octanol–water partition coefficient (Wildman–Crippen LogP) is 2.89. The first-order valence-corrected chi connectivity index (χ1v) is 8.81. The van der Waals surface area contributed by atoms with Gasteiger partial charge in [0.25, 0.3) is 0 Å². The summed E-state index contributed by atoms with van der Waals surface area (Å²) in [6.45, 7) is 0. The van der Waals surface area contributed by atoms with Crippen molar-refractivity contribution in [3.63, 3.8) is 0 Å². The summed E-state index contributed by atoms with van der Waals surface area (Å²) in [7, 11) is 0. The number of carbonyl (C=O) groups is 2. The Labute approximate surface area is 136 Å². The van der Waals surface area contributed by atoms with Crippen LogP contribution in [0, 0.1) is 0 Å². The van der Waals surface area contributed by atoms with Crippen molar-refractivity contribution in [2.45, 2.75) is 23.2 Å². The molecule has 0 saturated heterocycles. The highest BCUT2D eigenvalue weighted by atomic mass is 32.2. The molecule has 1 aromatic carbocycles. The zero-order valence-electron chi connectivity index (χ0n) is 11.7. The summed E-state index contributed by atoms with van der Waals surface area (Å²) < 4.78 is 0.816. The summed E-state index contributed by atoms with van der Waals surface area (Å²) in [4.78, 5) is 27.6. The molecule has 0 bridgehead atoms. The van der Waals surface area contributed by atoms with Crippen LogP contribution < -0.4 is 10.6 Å². The molecule has 7 heteroatoms. The number of thiazole rings is 1. The van der Waals surface area contributed by atoms with E-state index in [2.05, 4.69) is 15.6 Å². The Morgan fingerprint density at radius 1 is 1.27 bits per heavy atom. The van der Waals surface area contributed by atoms with E-state index in [4.69, 9.17) is 0 Å². The van der Waals surface area contributed by atoms with Gasteiger partial charge in [0.15, 0.2) is 4.34 Å². The average molecular weight is 333 g/mol. The molecule has 1 saturated carbocycles. The first-order chi connectivity index (χ1) is 10.7. The van der Waals surface area contributed by atoms with Crippen molar-refractivity contribution in [2.24, 2.45) is 0 Å². The van der Waals surface area contributed by atoms with Gasteiger partial charge in [0, 0.05) is 17.0 Å². The maximum Gasteiger partial charge on any atom is 0.321 e. The zero-order chi connectivity index (χ0) is 15.4. The number of hydrogen-bond donors (Lipinski definition) is 2. The number of carbonyl (C=O) groups excluding carboxylic acids is 2. The molecule has 22 heavy (non-hydrogen) atoms. The molecule has 2 aromatic rings. The van der Waals surface area contributed by atoms with Crippen LogP contribution in [0.3, 0.4) is 0 Å². The van der Waals surface area contributed by atoms with Crippen LogP contribution in [0.4, 0.5) is 4.79 Å². The van der Waals surface area contributed by atoms with Gasteiger partial charge >= 0.3 is 6.03 Å². The van der Waals surface area contributed by atoms with E-state index < -0.39 is 6.03 Å². The molecular weight excluding hydrogens is 318 g/mol. The topological polar surface area (TPSA) is 71.1 Å². The minimum absolute atomic E-state index is 0.180. The Kier molecular flexibility index (Phi) is 4.74. The number of urea groups is 1. The van der Waals surface area contributed by atoms with Crippen molar-refractivity contribution >= 4 is 35.0 Å². The summed E-state index contributed by atoms with van der Waals surface area (Å²) in [5.41, 5.74) is 1.96. The average Bonchev–Trinajstić information content (AvgIpc) is 3.19. The number of hydrogen-bond acceptors (Lipinski definition) is 5. The fourth-order valence-corrected chi connectivity index (χ4v) is 3.44. The van der Waals surface area contributed by atoms with Crippen LogP contribution in [0.25, 0.3) is 11.3 Å². The van der Waals surface area contributed by atoms with E-state index in [1.807, 2.05) is 35.7 Å². The Balaban J connectivity index is 1.48. The zero-order valence-corrected chi connectivity index (χ0v) is 13.4. The van der Waals surface area contributed by atoms with Gasteiger partial charge in [-0.1, -0.05) is 42.1 Å². The normalized spacial score (nSPS) is 13.6. The van der Waals surface area contributed by atoms with Gasteiger partial charge in [0.2, 0.25) is 5.91 Å². The summed E-state index contributed by atoms with van der Waals surface area (Å²) in [5.74, 6) is -0.126. The fraction of sp³-hybridized carbons (Fsp3) is 0.267. The van der Waals surface area contributed by atoms with Gasteiger partial charge in [-0.3, -0.25) is 10.1 Å². The molecule has 0 aliphatic heterocycles. The van der Waals surface area contributed by atoms with Crippen LogP contribution in [0.1, 0.15) is 12.8 Å². The lowest BCUT2D eigenvalue weighted by molar-refractivity contribution is -0.117. The van der Waals surface area contributed by atoms with E-state index >= 15 is 0 Å². The Bertz CT molecular complexity index is 668.